The van der Waals surface area contributed by atoms with E-state index in [1.807, 2.05) is 0 Å². The maximum absolute atomic E-state index is 12.4. The fraction of sp³-hybridized carbons (Fsp3) is 0.769. The zero-order valence-corrected chi connectivity index (χ0v) is 13.0. The molecule has 20 heavy (non-hydrogen) atoms. The highest BCUT2D eigenvalue weighted by molar-refractivity contribution is 7.89. The van der Waals surface area contributed by atoms with Crippen molar-refractivity contribution >= 4 is 10.0 Å². The molecule has 0 aliphatic heterocycles. The highest BCUT2D eigenvalue weighted by atomic mass is 32.2. The fourth-order valence-electron chi connectivity index (χ4n) is 2.52. The molecule has 0 bridgehead atoms. The molecule has 114 valence electrons. The molecule has 0 atom stereocenters. The second-order valence-electron chi connectivity index (χ2n) is 5.51. The molecule has 3 N–H and O–H groups in total. The molecule has 6 nitrogen and oxygen atoms in total. The molecule has 0 unspecified atom stereocenters. The summed E-state index contributed by atoms with van der Waals surface area (Å²) < 4.78 is 29.3. The summed E-state index contributed by atoms with van der Waals surface area (Å²) in [5.41, 5.74) is 6.74. The van der Waals surface area contributed by atoms with Crippen LogP contribution in [-0.4, -0.2) is 31.3 Å². The lowest BCUT2D eigenvalue weighted by Crippen LogP contribution is -2.32. The summed E-state index contributed by atoms with van der Waals surface area (Å²) in [6, 6.07) is 0. The van der Waals surface area contributed by atoms with Gasteiger partial charge in [-0.2, -0.15) is 5.10 Å². The van der Waals surface area contributed by atoms with Crippen LogP contribution < -0.4 is 10.5 Å². The molecule has 7 heteroatoms. The van der Waals surface area contributed by atoms with Crippen LogP contribution in [-0.2, 0) is 16.6 Å². The van der Waals surface area contributed by atoms with Crippen LogP contribution in [0.2, 0.25) is 0 Å². The Labute approximate surface area is 120 Å². The first-order valence-corrected chi connectivity index (χ1v) is 8.67. The molecule has 2 rings (SSSR count). The van der Waals surface area contributed by atoms with E-state index in [-0.39, 0.29) is 0 Å². The zero-order chi connectivity index (χ0) is 14.8. The second kappa shape index (κ2) is 6.24. The van der Waals surface area contributed by atoms with E-state index in [1.165, 1.54) is 6.42 Å². The summed E-state index contributed by atoms with van der Waals surface area (Å²) in [4.78, 5) is 0.328. The van der Waals surface area contributed by atoms with Crippen molar-refractivity contribution in [3.8, 4) is 0 Å². The molecule has 0 radical (unpaired) electrons. The number of hydrogen-bond acceptors (Lipinski definition) is 4. The summed E-state index contributed by atoms with van der Waals surface area (Å²) >= 11 is 0. The third-order valence-corrected chi connectivity index (χ3v) is 5.62. The number of sulfonamides is 1. The molecule has 1 saturated carbocycles. The predicted octanol–water partition coefficient (Wildman–Crippen LogP) is 0.927. The van der Waals surface area contributed by atoms with Crippen molar-refractivity contribution in [2.75, 3.05) is 13.1 Å². The van der Waals surface area contributed by atoms with E-state index in [2.05, 4.69) is 9.82 Å². The monoisotopic (exact) mass is 300 g/mol. The molecule has 1 aliphatic carbocycles. The van der Waals surface area contributed by atoms with Gasteiger partial charge in [0.2, 0.25) is 10.0 Å². The van der Waals surface area contributed by atoms with Crippen LogP contribution in [0.4, 0.5) is 0 Å². The molecule has 1 aromatic heterocycles. The van der Waals surface area contributed by atoms with Gasteiger partial charge in [0.25, 0.3) is 0 Å². The lowest BCUT2D eigenvalue weighted by Gasteiger charge is -2.25. The van der Waals surface area contributed by atoms with E-state index in [0.717, 1.165) is 19.3 Å². The van der Waals surface area contributed by atoms with E-state index in [4.69, 9.17) is 5.73 Å². The number of nitrogens with two attached hydrogens (primary N) is 1. The highest BCUT2D eigenvalue weighted by Gasteiger charge is 2.26. The number of aromatic nitrogens is 2. The Morgan fingerprint density at radius 1 is 1.40 bits per heavy atom. The maximum Gasteiger partial charge on any atom is 0.244 e. The van der Waals surface area contributed by atoms with Gasteiger partial charge in [0.05, 0.1) is 11.4 Å². The van der Waals surface area contributed by atoms with Crippen molar-refractivity contribution < 1.29 is 8.42 Å². The van der Waals surface area contributed by atoms with Crippen LogP contribution in [0.1, 0.15) is 37.1 Å². The summed E-state index contributed by atoms with van der Waals surface area (Å²) in [5, 5.41) is 4.32. The Hall–Kier alpha value is -0.920. The van der Waals surface area contributed by atoms with Crippen LogP contribution in [0, 0.1) is 19.8 Å². The molecule has 0 amide bonds. The van der Waals surface area contributed by atoms with E-state index in [1.54, 1.807) is 18.5 Å². The Balaban J connectivity index is 2.15. The maximum atomic E-state index is 12.4. The van der Waals surface area contributed by atoms with Crippen molar-refractivity contribution in [3.05, 3.63) is 11.4 Å². The largest absolute Gasteiger partial charge is 0.330 e. The topological polar surface area (TPSA) is 90.0 Å². The van der Waals surface area contributed by atoms with Gasteiger partial charge in [-0.25, -0.2) is 13.1 Å². The molecule has 0 saturated heterocycles. The van der Waals surface area contributed by atoms with Crippen LogP contribution >= 0.6 is 0 Å². The van der Waals surface area contributed by atoms with Gasteiger partial charge >= 0.3 is 0 Å². The van der Waals surface area contributed by atoms with Crippen molar-refractivity contribution in [1.82, 2.24) is 14.5 Å². The zero-order valence-electron chi connectivity index (χ0n) is 12.2. The van der Waals surface area contributed by atoms with Crippen LogP contribution in [0.5, 0.6) is 0 Å². The molecule has 1 heterocycles. The first-order valence-electron chi connectivity index (χ1n) is 7.19. The smallest absolute Gasteiger partial charge is 0.244 e. The predicted molar refractivity (Wildman–Crippen MR) is 77.9 cm³/mol. The number of hydrogen-bond donors (Lipinski definition) is 2. The van der Waals surface area contributed by atoms with Crippen molar-refractivity contribution in [2.24, 2.45) is 11.7 Å². The van der Waals surface area contributed by atoms with Gasteiger partial charge in [0.15, 0.2) is 0 Å². The Kier molecular flexibility index (Phi) is 4.82. The summed E-state index contributed by atoms with van der Waals surface area (Å²) in [7, 11) is -3.46. The lowest BCUT2D eigenvalue weighted by atomic mass is 9.86. The summed E-state index contributed by atoms with van der Waals surface area (Å²) in [6.45, 7) is 5.30. The van der Waals surface area contributed by atoms with Gasteiger partial charge in [-0.05, 0) is 45.6 Å². The molecular weight excluding hydrogens is 276 g/mol. The normalized spacial score (nSPS) is 16.4. The van der Waals surface area contributed by atoms with Crippen molar-refractivity contribution in [2.45, 2.75) is 51.0 Å². The van der Waals surface area contributed by atoms with Crippen LogP contribution in [0.15, 0.2) is 4.90 Å². The first-order chi connectivity index (χ1) is 9.45. The molecule has 0 spiro atoms. The second-order valence-corrected chi connectivity index (χ2v) is 7.22. The van der Waals surface area contributed by atoms with Gasteiger partial charge in [-0.15, -0.1) is 0 Å². The third-order valence-electron chi connectivity index (χ3n) is 3.94. The SMILES string of the molecule is Cc1nn(CCCN)c(C)c1S(=O)(=O)NCC1CCC1. The van der Waals surface area contributed by atoms with Gasteiger partial charge < -0.3 is 5.73 Å². The van der Waals surface area contributed by atoms with Crippen molar-refractivity contribution in [1.29, 1.82) is 0 Å². The minimum absolute atomic E-state index is 0.328. The standard InChI is InChI=1S/C13H24N4O2S/c1-10-13(11(2)17(16-10)8-4-7-14)20(18,19)15-9-12-5-3-6-12/h12,15H,3-9,14H2,1-2H3. The minimum Gasteiger partial charge on any atom is -0.330 e. The average Bonchev–Trinajstić information content (AvgIpc) is 2.60. The lowest BCUT2D eigenvalue weighted by molar-refractivity contribution is 0.316. The average molecular weight is 300 g/mol. The number of aryl methyl sites for hydroxylation is 2. The molecule has 1 aromatic rings. The van der Waals surface area contributed by atoms with Crippen LogP contribution in [0.3, 0.4) is 0 Å². The van der Waals surface area contributed by atoms with E-state index in [0.29, 0.717) is 41.8 Å². The van der Waals surface area contributed by atoms with Crippen molar-refractivity contribution in [3.63, 3.8) is 0 Å². The van der Waals surface area contributed by atoms with E-state index in [9.17, 15) is 8.42 Å². The Morgan fingerprint density at radius 2 is 2.10 bits per heavy atom. The highest BCUT2D eigenvalue weighted by Crippen LogP contribution is 2.26. The first kappa shape index (κ1) is 15.5. The summed E-state index contributed by atoms with van der Waals surface area (Å²) in [6.07, 6.45) is 4.24. The fourth-order valence-corrected chi connectivity index (χ4v) is 4.05. The minimum atomic E-state index is -3.46. The number of nitrogens with zero attached hydrogens (tertiary/aromatic N) is 2. The third kappa shape index (κ3) is 3.21. The van der Waals surface area contributed by atoms with Crippen LogP contribution in [0.25, 0.3) is 0 Å². The quantitative estimate of drug-likeness (QED) is 0.783. The molecule has 0 aromatic carbocycles. The van der Waals surface area contributed by atoms with Gasteiger partial charge in [0, 0.05) is 13.1 Å². The molecule has 1 fully saturated rings. The summed E-state index contributed by atoms with van der Waals surface area (Å²) in [5.74, 6) is 0.498. The van der Waals surface area contributed by atoms with Gasteiger partial charge in [-0.1, -0.05) is 6.42 Å². The van der Waals surface area contributed by atoms with E-state index >= 15 is 0 Å². The Bertz CT molecular complexity index is 561. The Morgan fingerprint density at radius 3 is 2.65 bits per heavy atom. The number of nitrogens with one attached hydrogen (secondary N) is 1. The molecular formula is C13H24N4O2S. The van der Waals surface area contributed by atoms with E-state index < -0.39 is 10.0 Å². The number of rotatable bonds is 7. The van der Waals surface area contributed by atoms with Gasteiger partial charge in [0.1, 0.15) is 4.90 Å². The molecule has 1 aliphatic rings. The van der Waals surface area contributed by atoms with Gasteiger partial charge in [-0.3, -0.25) is 4.68 Å².